The number of sulfonamides is 1. The van der Waals surface area contributed by atoms with Crippen LogP contribution < -0.4 is 9.46 Å². The van der Waals surface area contributed by atoms with Gasteiger partial charge in [0.15, 0.2) is 0 Å². The molecule has 1 aliphatic rings. The fraction of sp³-hybridized carbons (Fsp3) is 0.222. The molecule has 1 unspecified atom stereocenters. The number of carbonyl (C=O) groups is 1. The highest BCUT2D eigenvalue weighted by molar-refractivity contribution is 7.90. The maximum Gasteiger partial charge on any atom is 0.387 e. The average molecular weight is 409 g/mol. The van der Waals surface area contributed by atoms with Crippen molar-refractivity contribution in [3.63, 3.8) is 0 Å². The molecule has 0 saturated carbocycles. The minimum atomic E-state index is -4.47. The molecule has 1 aliphatic heterocycles. The summed E-state index contributed by atoms with van der Waals surface area (Å²) < 4.78 is 56.4. The zero-order chi connectivity index (χ0) is 20.3. The first-order valence-electron chi connectivity index (χ1n) is 8.27. The van der Waals surface area contributed by atoms with Crippen molar-refractivity contribution in [1.82, 2.24) is 9.73 Å². The topological polar surface area (TPSA) is 88.1 Å². The van der Waals surface area contributed by atoms with Crippen molar-refractivity contribution in [2.24, 2.45) is 5.10 Å². The highest BCUT2D eigenvalue weighted by atomic mass is 32.2. The molecule has 1 heterocycles. The molecule has 0 aliphatic carbocycles. The van der Waals surface area contributed by atoms with Gasteiger partial charge in [0.2, 0.25) is 0 Å². The fourth-order valence-corrected chi connectivity index (χ4v) is 3.94. The summed E-state index contributed by atoms with van der Waals surface area (Å²) in [5.74, 6) is -0.557. The maximum absolute atomic E-state index is 12.6. The molecule has 1 atom stereocenters. The largest absolute Gasteiger partial charge is 0.433 e. The van der Waals surface area contributed by atoms with Gasteiger partial charge in [0, 0.05) is 12.1 Å². The van der Waals surface area contributed by atoms with Gasteiger partial charge in [-0.05, 0) is 24.6 Å². The second-order valence-corrected chi connectivity index (χ2v) is 7.70. The molecule has 0 bridgehead atoms. The normalized spacial score (nSPS) is 16.8. The van der Waals surface area contributed by atoms with Crippen molar-refractivity contribution in [2.75, 3.05) is 0 Å². The molecule has 0 saturated heterocycles. The van der Waals surface area contributed by atoms with Crippen LogP contribution >= 0.6 is 0 Å². The molecule has 7 nitrogen and oxygen atoms in total. The number of hydrazone groups is 1. The first kappa shape index (κ1) is 19.7. The zero-order valence-corrected chi connectivity index (χ0v) is 15.6. The van der Waals surface area contributed by atoms with Gasteiger partial charge in [-0.1, -0.05) is 42.5 Å². The van der Waals surface area contributed by atoms with Crippen molar-refractivity contribution in [1.29, 1.82) is 0 Å². The molecule has 1 N–H and O–H groups in total. The van der Waals surface area contributed by atoms with E-state index in [4.69, 9.17) is 0 Å². The van der Waals surface area contributed by atoms with Gasteiger partial charge in [0.25, 0.3) is 10.0 Å². The van der Waals surface area contributed by atoms with Gasteiger partial charge in [0.1, 0.15) is 10.6 Å². The Kier molecular flexibility index (Phi) is 5.59. The minimum Gasteiger partial charge on any atom is -0.433 e. The van der Waals surface area contributed by atoms with E-state index in [1.165, 1.54) is 12.1 Å². The Bertz CT molecular complexity index is 997. The molecule has 0 aromatic heterocycles. The summed E-state index contributed by atoms with van der Waals surface area (Å²) in [6.45, 7) is -1.48. The van der Waals surface area contributed by atoms with E-state index in [0.29, 0.717) is 12.1 Å². The number of hydrogen-bond donors (Lipinski definition) is 1. The molecule has 148 valence electrons. The quantitative estimate of drug-likeness (QED) is 0.819. The molecule has 0 fully saturated rings. The molecular weight excluding hydrogens is 392 g/mol. The summed E-state index contributed by atoms with van der Waals surface area (Å²) >= 11 is 0. The summed E-state index contributed by atoms with van der Waals surface area (Å²) in [5.41, 5.74) is 1.44. The van der Waals surface area contributed by atoms with E-state index in [0.717, 1.165) is 22.7 Å². The smallest absolute Gasteiger partial charge is 0.387 e. The van der Waals surface area contributed by atoms with Gasteiger partial charge in [-0.2, -0.15) is 13.9 Å². The van der Waals surface area contributed by atoms with E-state index in [-0.39, 0.29) is 0 Å². The number of benzene rings is 2. The third-order valence-corrected chi connectivity index (χ3v) is 5.39. The zero-order valence-electron chi connectivity index (χ0n) is 14.7. The van der Waals surface area contributed by atoms with Crippen molar-refractivity contribution >= 4 is 21.8 Å². The van der Waals surface area contributed by atoms with Gasteiger partial charge in [-0.25, -0.2) is 22.9 Å². The summed E-state index contributed by atoms with van der Waals surface area (Å²) in [7, 11) is -4.47. The van der Waals surface area contributed by atoms with Gasteiger partial charge < -0.3 is 4.74 Å². The predicted molar refractivity (Wildman–Crippen MR) is 97.5 cm³/mol. The minimum absolute atomic E-state index is 0.447. The molecule has 28 heavy (non-hydrogen) atoms. The highest BCUT2D eigenvalue weighted by Gasteiger charge is 2.34. The van der Waals surface area contributed by atoms with E-state index in [1.807, 2.05) is 10.8 Å². The molecular formula is C18H17F2N3O4S. The van der Waals surface area contributed by atoms with Crippen LogP contribution in [0.25, 0.3) is 0 Å². The Hall–Kier alpha value is -3.01. The summed E-state index contributed by atoms with van der Waals surface area (Å²) in [5, 5.41) is 5.16. The summed E-state index contributed by atoms with van der Waals surface area (Å²) in [4.78, 5) is 12.1. The third kappa shape index (κ3) is 4.28. The number of hydrogen-bond acceptors (Lipinski definition) is 5. The highest BCUT2D eigenvalue weighted by Crippen LogP contribution is 2.31. The number of para-hydroxylation sites is 1. The number of amides is 2. The molecule has 2 amide bonds. The second-order valence-electron chi connectivity index (χ2n) is 6.05. The number of halogens is 2. The van der Waals surface area contributed by atoms with E-state index < -0.39 is 39.4 Å². The van der Waals surface area contributed by atoms with Crippen LogP contribution in [-0.4, -0.2) is 31.8 Å². The van der Waals surface area contributed by atoms with Crippen LogP contribution in [0.3, 0.4) is 0 Å². The average Bonchev–Trinajstić information content (AvgIpc) is 3.04. The number of rotatable bonds is 5. The van der Waals surface area contributed by atoms with Crippen molar-refractivity contribution < 1.29 is 26.7 Å². The predicted octanol–water partition coefficient (Wildman–Crippen LogP) is 3.51. The standard InChI is InChI=1S/C18H17F2N3O4S/c1-12-11-14(13-7-3-2-4-8-13)23(21-12)18(24)22-28(25,26)16-10-6-5-9-15(16)27-17(19)20/h2-10,14,17H,11H2,1H3,(H,22,24). The molecule has 3 rings (SSSR count). The van der Waals surface area contributed by atoms with E-state index in [9.17, 15) is 22.0 Å². The van der Waals surface area contributed by atoms with Gasteiger partial charge in [-0.3, -0.25) is 0 Å². The van der Waals surface area contributed by atoms with Crippen molar-refractivity contribution in [2.45, 2.75) is 30.9 Å². The Morgan fingerprint density at radius 3 is 2.50 bits per heavy atom. The SMILES string of the molecule is CC1=NN(C(=O)NS(=O)(=O)c2ccccc2OC(F)F)C(c2ccccc2)C1. The first-order valence-corrected chi connectivity index (χ1v) is 9.75. The van der Waals surface area contributed by atoms with Crippen LogP contribution in [-0.2, 0) is 10.0 Å². The Morgan fingerprint density at radius 2 is 1.82 bits per heavy atom. The van der Waals surface area contributed by atoms with Crippen LogP contribution in [0, 0.1) is 0 Å². The lowest BCUT2D eigenvalue weighted by atomic mass is 10.0. The number of alkyl halides is 2. The number of ether oxygens (including phenoxy) is 1. The number of urea groups is 1. The lowest BCUT2D eigenvalue weighted by molar-refractivity contribution is -0.0517. The Balaban J connectivity index is 1.85. The summed E-state index contributed by atoms with van der Waals surface area (Å²) in [6, 6.07) is 12.4. The fourth-order valence-electron chi connectivity index (χ4n) is 2.86. The third-order valence-electron chi connectivity index (χ3n) is 4.03. The Labute approximate surface area is 160 Å². The van der Waals surface area contributed by atoms with Crippen molar-refractivity contribution in [3.8, 4) is 5.75 Å². The number of nitrogens with one attached hydrogen (secondary N) is 1. The molecule has 2 aromatic carbocycles. The lowest BCUT2D eigenvalue weighted by Crippen LogP contribution is -2.40. The van der Waals surface area contributed by atoms with Gasteiger partial charge in [-0.15, -0.1) is 0 Å². The van der Waals surface area contributed by atoms with Crippen LogP contribution in [0.2, 0.25) is 0 Å². The first-order chi connectivity index (χ1) is 13.3. The van der Waals surface area contributed by atoms with Crippen LogP contribution in [0.1, 0.15) is 24.9 Å². The second kappa shape index (κ2) is 7.93. The van der Waals surface area contributed by atoms with Crippen LogP contribution in [0.15, 0.2) is 64.6 Å². The molecule has 10 heteroatoms. The Morgan fingerprint density at radius 1 is 1.18 bits per heavy atom. The molecule has 2 aromatic rings. The van der Waals surface area contributed by atoms with Gasteiger partial charge in [0.05, 0.1) is 6.04 Å². The lowest BCUT2D eigenvalue weighted by Gasteiger charge is -2.22. The monoisotopic (exact) mass is 409 g/mol. The van der Waals surface area contributed by atoms with E-state index >= 15 is 0 Å². The van der Waals surface area contributed by atoms with Gasteiger partial charge >= 0.3 is 12.6 Å². The van der Waals surface area contributed by atoms with Crippen LogP contribution in [0.4, 0.5) is 13.6 Å². The number of carbonyl (C=O) groups excluding carboxylic acids is 1. The van der Waals surface area contributed by atoms with Crippen molar-refractivity contribution in [3.05, 3.63) is 60.2 Å². The summed E-state index contributed by atoms with van der Waals surface area (Å²) in [6.07, 6.45) is 0.447. The van der Waals surface area contributed by atoms with E-state index in [2.05, 4.69) is 9.84 Å². The molecule has 0 spiro atoms. The van der Waals surface area contributed by atoms with E-state index in [1.54, 1.807) is 31.2 Å². The number of nitrogens with zero attached hydrogens (tertiary/aromatic N) is 2. The maximum atomic E-state index is 12.6. The van der Waals surface area contributed by atoms with Crippen LogP contribution in [0.5, 0.6) is 5.75 Å². The molecule has 0 radical (unpaired) electrons.